The first-order valence-electron chi connectivity index (χ1n) is 6.91. The van der Waals surface area contributed by atoms with E-state index in [2.05, 4.69) is 9.55 Å². The molecule has 22 heavy (non-hydrogen) atoms. The summed E-state index contributed by atoms with van der Waals surface area (Å²) in [6.07, 6.45) is 0. The van der Waals surface area contributed by atoms with Crippen LogP contribution in [-0.2, 0) is 17.9 Å². The van der Waals surface area contributed by atoms with Gasteiger partial charge in [-0.3, -0.25) is 0 Å². The first-order chi connectivity index (χ1) is 10.5. The Morgan fingerprint density at radius 3 is 2.45 bits per heavy atom. The van der Waals surface area contributed by atoms with Gasteiger partial charge in [0.25, 0.3) is 0 Å². The molecule has 1 aromatic heterocycles. The number of nitrogens with two attached hydrogens (primary N) is 1. The van der Waals surface area contributed by atoms with Gasteiger partial charge in [0.1, 0.15) is 12.4 Å². The van der Waals surface area contributed by atoms with E-state index < -0.39 is 0 Å². The molecular weight excluding hydrogens is 302 g/mol. The van der Waals surface area contributed by atoms with E-state index in [1.54, 1.807) is 21.3 Å². The number of ether oxygens (including phenoxy) is 3. The van der Waals surface area contributed by atoms with Crippen molar-refractivity contribution in [2.45, 2.75) is 20.1 Å². The quantitative estimate of drug-likeness (QED) is 0.787. The number of rotatable bonds is 7. The lowest BCUT2D eigenvalue weighted by atomic mass is 10.2. The molecule has 2 aromatic rings. The number of methoxy groups -OCH3 is 3. The minimum Gasteiger partial charge on any atom is -0.493 e. The van der Waals surface area contributed by atoms with Crippen LogP contribution in [0.1, 0.15) is 12.7 Å². The fraction of sp³-hybridized carbons (Fsp3) is 0.467. The molecule has 0 aliphatic rings. The molecule has 2 N–H and O–H groups in total. The highest BCUT2D eigenvalue weighted by molar-refractivity contribution is 7.80. The molecule has 1 atom stereocenters. The van der Waals surface area contributed by atoms with Crippen LogP contribution in [0.3, 0.4) is 0 Å². The summed E-state index contributed by atoms with van der Waals surface area (Å²) in [5.41, 5.74) is 7.50. The molecule has 0 saturated carbocycles. The normalized spacial score (nSPS) is 12.4. The van der Waals surface area contributed by atoms with Gasteiger partial charge >= 0.3 is 0 Å². The SMILES string of the molecule is COCc1nc2cc(OC)c(OC)cc2n1CC(C)C(N)=S. The molecule has 0 aliphatic carbocycles. The summed E-state index contributed by atoms with van der Waals surface area (Å²) < 4.78 is 18.0. The minimum atomic E-state index is 0.0519. The molecule has 0 spiro atoms. The maximum Gasteiger partial charge on any atom is 0.163 e. The van der Waals surface area contributed by atoms with Gasteiger partial charge in [0.15, 0.2) is 11.5 Å². The second-order valence-electron chi connectivity index (χ2n) is 5.07. The standard InChI is InChI=1S/C15H21N3O3S/c1-9(15(16)22)7-18-11-6-13(21-4)12(20-3)5-10(11)17-14(18)8-19-2/h5-6,9H,7-8H2,1-4H3,(H2,16,22). The van der Waals surface area contributed by atoms with Crippen LogP contribution < -0.4 is 15.2 Å². The minimum absolute atomic E-state index is 0.0519. The topological polar surface area (TPSA) is 71.5 Å². The van der Waals surface area contributed by atoms with Crippen LogP contribution in [0.15, 0.2) is 12.1 Å². The Morgan fingerprint density at radius 2 is 1.91 bits per heavy atom. The fourth-order valence-electron chi connectivity index (χ4n) is 2.31. The Hall–Kier alpha value is -1.86. The molecule has 1 aromatic carbocycles. The highest BCUT2D eigenvalue weighted by atomic mass is 32.1. The lowest BCUT2D eigenvalue weighted by Gasteiger charge is -2.14. The molecule has 0 bridgehead atoms. The summed E-state index contributed by atoms with van der Waals surface area (Å²) in [4.78, 5) is 5.09. The average Bonchev–Trinajstić information content (AvgIpc) is 2.82. The molecule has 1 heterocycles. The molecule has 2 rings (SSSR count). The number of hydrogen-bond acceptors (Lipinski definition) is 5. The van der Waals surface area contributed by atoms with Crippen molar-refractivity contribution < 1.29 is 14.2 Å². The van der Waals surface area contributed by atoms with Crippen molar-refractivity contribution >= 4 is 28.2 Å². The molecule has 6 nitrogen and oxygen atoms in total. The Kier molecular flexibility index (Phi) is 5.20. The van der Waals surface area contributed by atoms with Crippen LogP contribution in [0.2, 0.25) is 0 Å². The molecule has 1 unspecified atom stereocenters. The van der Waals surface area contributed by atoms with Gasteiger partial charge in [-0.25, -0.2) is 4.98 Å². The molecule has 0 fully saturated rings. The number of benzene rings is 1. The van der Waals surface area contributed by atoms with Crippen molar-refractivity contribution in [3.63, 3.8) is 0 Å². The van der Waals surface area contributed by atoms with Crippen LogP contribution in [-0.4, -0.2) is 35.9 Å². The molecular formula is C15H21N3O3S. The average molecular weight is 323 g/mol. The number of aromatic nitrogens is 2. The molecule has 0 aliphatic heterocycles. The summed E-state index contributed by atoms with van der Waals surface area (Å²) in [5.74, 6) is 2.17. The number of thiocarbonyl (C=S) groups is 1. The maximum atomic E-state index is 5.74. The third kappa shape index (κ3) is 3.15. The number of fused-ring (bicyclic) bond motifs is 1. The van der Waals surface area contributed by atoms with Crippen molar-refractivity contribution in [3.05, 3.63) is 18.0 Å². The van der Waals surface area contributed by atoms with Crippen molar-refractivity contribution in [1.82, 2.24) is 9.55 Å². The third-order valence-electron chi connectivity index (χ3n) is 3.55. The zero-order valence-corrected chi connectivity index (χ0v) is 14.1. The summed E-state index contributed by atoms with van der Waals surface area (Å²) in [5, 5.41) is 0. The Balaban J connectivity index is 2.58. The van der Waals surface area contributed by atoms with Gasteiger partial charge < -0.3 is 24.5 Å². The largest absolute Gasteiger partial charge is 0.493 e. The predicted octanol–water partition coefficient (Wildman–Crippen LogP) is 2.12. The van der Waals surface area contributed by atoms with Gasteiger partial charge in [0.2, 0.25) is 0 Å². The lowest BCUT2D eigenvalue weighted by Crippen LogP contribution is -2.23. The van der Waals surface area contributed by atoms with Gasteiger partial charge in [-0.15, -0.1) is 0 Å². The number of imidazole rings is 1. The van der Waals surface area contributed by atoms with E-state index in [0.29, 0.717) is 29.6 Å². The maximum absolute atomic E-state index is 5.74. The summed E-state index contributed by atoms with van der Waals surface area (Å²) in [6.45, 7) is 3.04. The van der Waals surface area contributed by atoms with E-state index in [0.717, 1.165) is 16.9 Å². The van der Waals surface area contributed by atoms with Crippen LogP contribution in [0.25, 0.3) is 11.0 Å². The molecule has 0 saturated heterocycles. The second kappa shape index (κ2) is 6.93. The van der Waals surface area contributed by atoms with E-state index in [1.165, 1.54) is 0 Å². The Labute approximate surface area is 135 Å². The number of nitrogens with zero attached hydrogens (tertiary/aromatic N) is 2. The first-order valence-corrected chi connectivity index (χ1v) is 7.32. The van der Waals surface area contributed by atoms with Crippen LogP contribution in [0.4, 0.5) is 0 Å². The van der Waals surface area contributed by atoms with Crippen LogP contribution in [0, 0.1) is 5.92 Å². The Bertz CT molecular complexity index is 684. The van der Waals surface area contributed by atoms with E-state index in [1.807, 2.05) is 19.1 Å². The van der Waals surface area contributed by atoms with Crippen molar-refractivity contribution in [3.8, 4) is 11.5 Å². The third-order valence-corrected chi connectivity index (χ3v) is 3.95. The van der Waals surface area contributed by atoms with Gasteiger partial charge in [-0.1, -0.05) is 19.1 Å². The smallest absolute Gasteiger partial charge is 0.163 e. The molecule has 120 valence electrons. The van der Waals surface area contributed by atoms with Crippen molar-refractivity contribution in [1.29, 1.82) is 0 Å². The van der Waals surface area contributed by atoms with E-state index in [9.17, 15) is 0 Å². The molecule has 0 amide bonds. The van der Waals surface area contributed by atoms with Gasteiger partial charge in [-0.05, 0) is 0 Å². The van der Waals surface area contributed by atoms with E-state index in [4.69, 9.17) is 32.2 Å². The predicted molar refractivity (Wildman–Crippen MR) is 89.5 cm³/mol. The number of hydrogen-bond donors (Lipinski definition) is 1. The van der Waals surface area contributed by atoms with Crippen molar-refractivity contribution in [2.75, 3.05) is 21.3 Å². The second-order valence-corrected chi connectivity index (χ2v) is 5.54. The van der Waals surface area contributed by atoms with Gasteiger partial charge in [0, 0.05) is 31.7 Å². The highest BCUT2D eigenvalue weighted by Gasteiger charge is 2.17. The van der Waals surface area contributed by atoms with Gasteiger partial charge in [0.05, 0.1) is 30.2 Å². The lowest BCUT2D eigenvalue weighted by molar-refractivity contribution is 0.174. The molecule has 0 radical (unpaired) electrons. The summed E-state index contributed by atoms with van der Waals surface area (Å²) >= 11 is 5.08. The molecule has 7 heteroatoms. The highest BCUT2D eigenvalue weighted by Crippen LogP contribution is 2.32. The van der Waals surface area contributed by atoms with E-state index in [-0.39, 0.29) is 5.92 Å². The summed E-state index contributed by atoms with van der Waals surface area (Å²) in [7, 11) is 4.85. The van der Waals surface area contributed by atoms with Crippen LogP contribution in [0.5, 0.6) is 11.5 Å². The van der Waals surface area contributed by atoms with Crippen molar-refractivity contribution in [2.24, 2.45) is 11.7 Å². The zero-order chi connectivity index (χ0) is 16.3. The monoisotopic (exact) mass is 323 g/mol. The zero-order valence-electron chi connectivity index (χ0n) is 13.3. The Morgan fingerprint density at radius 1 is 1.27 bits per heavy atom. The van der Waals surface area contributed by atoms with Crippen LogP contribution >= 0.6 is 12.2 Å². The van der Waals surface area contributed by atoms with E-state index >= 15 is 0 Å². The first kappa shape index (κ1) is 16.5. The summed E-state index contributed by atoms with van der Waals surface area (Å²) in [6, 6.07) is 3.77. The van der Waals surface area contributed by atoms with Gasteiger partial charge in [-0.2, -0.15) is 0 Å². The fourth-order valence-corrected chi connectivity index (χ4v) is 2.38.